The van der Waals surface area contributed by atoms with E-state index < -0.39 is 0 Å². The fourth-order valence-electron chi connectivity index (χ4n) is 1.99. The number of rotatable bonds is 4. The van der Waals surface area contributed by atoms with Crippen molar-refractivity contribution in [1.82, 2.24) is 4.90 Å². The highest BCUT2D eigenvalue weighted by Crippen LogP contribution is 2.20. The van der Waals surface area contributed by atoms with Crippen LogP contribution < -0.4 is 5.73 Å². The summed E-state index contributed by atoms with van der Waals surface area (Å²) < 4.78 is 0. The zero-order valence-corrected chi connectivity index (χ0v) is 8.42. The molecule has 0 saturated carbocycles. The van der Waals surface area contributed by atoms with Crippen molar-refractivity contribution in [3.8, 4) is 0 Å². The second-order valence-electron chi connectivity index (χ2n) is 3.95. The molecule has 1 saturated heterocycles. The summed E-state index contributed by atoms with van der Waals surface area (Å²) >= 11 is 0. The lowest BCUT2D eigenvalue weighted by molar-refractivity contribution is 0.331. The molecule has 0 radical (unpaired) electrons. The van der Waals surface area contributed by atoms with E-state index in [1.54, 1.807) is 0 Å². The third-order valence-electron chi connectivity index (χ3n) is 2.98. The Bertz CT molecular complexity index is 125. The molecule has 72 valence electrons. The Labute approximate surface area is 76.1 Å². The van der Waals surface area contributed by atoms with Crippen LogP contribution in [0.5, 0.6) is 0 Å². The quantitative estimate of drug-likeness (QED) is 0.692. The minimum Gasteiger partial charge on any atom is -0.328 e. The van der Waals surface area contributed by atoms with Gasteiger partial charge in [0.15, 0.2) is 0 Å². The molecule has 1 aliphatic rings. The smallest absolute Gasteiger partial charge is 0.00393 e. The monoisotopic (exact) mass is 170 g/mol. The van der Waals surface area contributed by atoms with Crippen molar-refractivity contribution in [2.75, 3.05) is 19.6 Å². The SMILES string of the molecule is CCC(N)CC1CCN(CC)C1. The van der Waals surface area contributed by atoms with Crippen LogP contribution in [0.2, 0.25) is 0 Å². The van der Waals surface area contributed by atoms with E-state index in [0.29, 0.717) is 6.04 Å². The predicted molar refractivity (Wildman–Crippen MR) is 53.1 cm³/mol. The van der Waals surface area contributed by atoms with Crippen LogP contribution >= 0.6 is 0 Å². The molecule has 2 heteroatoms. The first-order valence-electron chi connectivity index (χ1n) is 5.24. The summed E-state index contributed by atoms with van der Waals surface area (Å²) in [5.41, 5.74) is 5.92. The van der Waals surface area contributed by atoms with Crippen molar-refractivity contribution in [2.24, 2.45) is 11.7 Å². The summed E-state index contributed by atoms with van der Waals surface area (Å²) in [6.07, 6.45) is 3.72. The largest absolute Gasteiger partial charge is 0.328 e. The normalized spacial score (nSPS) is 27.8. The predicted octanol–water partition coefficient (Wildman–Crippen LogP) is 1.46. The molecule has 0 aromatic rings. The summed E-state index contributed by atoms with van der Waals surface area (Å²) in [6.45, 7) is 8.19. The van der Waals surface area contributed by atoms with Gasteiger partial charge >= 0.3 is 0 Å². The first kappa shape index (κ1) is 10.0. The van der Waals surface area contributed by atoms with Crippen LogP contribution in [-0.4, -0.2) is 30.6 Å². The lowest BCUT2D eigenvalue weighted by Gasteiger charge is -2.15. The average molecular weight is 170 g/mol. The van der Waals surface area contributed by atoms with Gasteiger partial charge in [0.2, 0.25) is 0 Å². The van der Waals surface area contributed by atoms with Crippen LogP contribution in [-0.2, 0) is 0 Å². The minimum absolute atomic E-state index is 0.437. The van der Waals surface area contributed by atoms with Gasteiger partial charge in [-0.2, -0.15) is 0 Å². The number of likely N-dealkylation sites (tertiary alicyclic amines) is 1. The molecule has 1 fully saturated rings. The van der Waals surface area contributed by atoms with Gasteiger partial charge in [0, 0.05) is 12.6 Å². The molecule has 1 rings (SSSR count). The second-order valence-corrected chi connectivity index (χ2v) is 3.95. The molecule has 2 atom stereocenters. The van der Waals surface area contributed by atoms with E-state index in [2.05, 4.69) is 18.7 Å². The molecule has 2 nitrogen and oxygen atoms in total. The lowest BCUT2D eigenvalue weighted by atomic mass is 9.98. The molecule has 0 bridgehead atoms. The first-order valence-corrected chi connectivity index (χ1v) is 5.24. The minimum atomic E-state index is 0.437. The lowest BCUT2D eigenvalue weighted by Crippen LogP contribution is -2.25. The van der Waals surface area contributed by atoms with Gasteiger partial charge in [-0.25, -0.2) is 0 Å². The van der Waals surface area contributed by atoms with E-state index >= 15 is 0 Å². The Morgan fingerprint density at radius 1 is 1.50 bits per heavy atom. The van der Waals surface area contributed by atoms with Crippen LogP contribution in [0.3, 0.4) is 0 Å². The third kappa shape index (κ3) is 2.76. The van der Waals surface area contributed by atoms with Crippen molar-refractivity contribution in [3.05, 3.63) is 0 Å². The summed E-state index contributed by atoms with van der Waals surface area (Å²) in [5, 5.41) is 0. The van der Waals surface area contributed by atoms with Gasteiger partial charge in [-0.1, -0.05) is 13.8 Å². The zero-order valence-electron chi connectivity index (χ0n) is 8.42. The van der Waals surface area contributed by atoms with Crippen molar-refractivity contribution in [3.63, 3.8) is 0 Å². The molecular weight excluding hydrogens is 148 g/mol. The van der Waals surface area contributed by atoms with Gasteiger partial charge in [-0.15, -0.1) is 0 Å². The standard InChI is InChI=1S/C10H22N2/c1-3-10(11)7-9-5-6-12(4-2)8-9/h9-10H,3-8,11H2,1-2H3. The molecule has 1 heterocycles. The summed E-state index contributed by atoms with van der Waals surface area (Å²) in [5.74, 6) is 0.875. The van der Waals surface area contributed by atoms with Crippen LogP contribution in [0.25, 0.3) is 0 Å². The van der Waals surface area contributed by atoms with Gasteiger partial charge in [-0.05, 0) is 38.3 Å². The average Bonchev–Trinajstić information content (AvgIpc) is 2.52. The Hall–Kier alpha value is -0.0800. The van der Waals surface area contributed by atoms with Gasteiger partial charge in [0.1, 0.15) is 0 Å². The topological polar surface area (TPSA) is 29.3 Å². The van der Waals surface area contributed by atoms with Crippen molar-refractivity contribution in [2.45, 2.75) is 39.2 Å². The van der Waals surface area contributed by atoms with E-state index in [9.17, 15) is 0 Å². The van der Waals surface area contributed by atoms with Crippen molar-refractivity contribution < 1.29 is 0 Å². The van der Waals surface area contributed by atoms with Crippen LogP contribution in [0.1, 0.15) is 33.1 Å². The second kappa shape index (κ2) is 4.83. The van der Waals surface area contributed by atoms with Crippen molar-refractivity contribution >= 4 is 0 Å². The number of hydrogen-bond donors (Lipinski definition) is 1. The van der Waals surface area contributed by atoms with E-state index in [1.165, 1.54) is 32.5 Å². The van der Waals surface area contributed by atoms with Crippen molar-refractivity contribution in [1.29, 1.82) is 0 Å². The molecule has 0 aromatic heterocycles. The fraction of sp³-hybridized carbons (Fsp3) is 1.00. The fourth-order valence-corrected chi connectivity index (χ4v) is 1.99. The van der Waals surface area contributed by atoms with Gasteiger partial charge in [0.25, 0.3) is 0 Å². The third-order valence-corrected chi connectivity index (χ3v) is 2.98. The Morgan fingerprint density at radius 3 is 2.75 bits per heavy atom. The Morgan fingerprint density at radius 2 is 2.25 bits per heavy atom. The summed E-state index contributed by atoms with van der Waals surface area (Å²) in [4.78, 5) is 2.52. The maximum absolute atomic E-state index is 5.92. The van der Waals surface area contributed by atoms with Crippen LogP contribution in [0.15, 0.2) is 0 Å². The highest BCUT2D eigenvalue weighted by Gasteiger charge is 2.22. The molecule has 12 heavy (non-hydrogen) atoms. The van der Waals surface area contributed by atoms with Gasteiger partial charge in [0.05, 0.1) is 0 Å². The number of nitrogens with two attached hydrogens (primary N) is 1. The first-order chi connectivity index (χ1) is 5.76. The molecular formula is C10H22N2. The maximum atomic E-state index is 5.92. The highest BCUT2D eigenvalue weighted by molar-refractivity contribution is 4.77. The Kier molecular flexibility index (Phi) is 4.02. The van der Waals surface area contributed by atoms with Gasteiger partial charge in [-0.3, -0.25) is 0 Å². The number of hydrogen-bond acceptors (Lipinski definition) is 2. The van der Waals surface area contributed by atoms with E-state index in [4.69, 9.17) is 5.73 Å². The molecule has 0 amide bonds. The van der Waals surface area contributed by atoms with E-state index in [0.717, 1.165) is 12.3 Å². The molecule has 0 spiro atoms. The summed E-state index contributed by atoms with van der Waals surface area (Å²) in [6, 6.07) is 0.437. The number of nitrogens with zero attached hydrogens (tertiary/aromatic N) is 1. The Balaban J connectivity index is 2.18. The van der Waals surface area contributed by atoms with Gasteiger partial charge < -0.3 is 10.6 Å². The highest BCUT2D eigenvalue weighted by atomic mass is 15.1. The summed E-state index contributed by atoms with van der Waals surface area (Å²) in [7, 11) is 0. The van der Waals surface area contributed by atoms with E-state index in [-0.39, 0.29) is 0 Å². The van der Waals surface area contributed by atoms with E-state index in [1.807, 2.05) is 0 Å². The maximum Gasteiger partial charge on any atom is 0.00393 e. The molecule has 2 unspecified atom stereocenters. The molecule has 0 aliphatic carbocycles. The molecule has 1 aliphatic heterocycles. The molecule has 2 N–H and O–H groups in total. The zero-order chi connectivity index (χ0) is 8.97. The molecule has 0 aromatic carbocycles. The van der Waals surface area contributed by atoms with Crippen LogP contribution in [0.4, 0.5) is 0 Å². The van der Waals surface area contributed by atoms with Crippen LogP contribution in [0, 0.1) is 5.92 Å².